The van der Waals surface area contributed by atoms with E-state index in [-0.39, 0.29) is 0 Å². The summed E-state index contributed by atoms with van der Waals surface area (Å²) in [5.41, 5.74) is 0. The summed E-state index contributed by atoms with van der Waals surface area (Å²) in [7, 11) is 0. The Hall–Kier alpha value is 0.270. The number of nitrogens with zero attached hydrogens (tertiary/aromatic N) is 1. The lowest BCUT2D eigenvalue weighted by Crippen LogP contribution is -2.35. The van der Waals surface area contributed by atoms with Crippen molar-refractivity contribution in [3.63, 3.8) is 0 Å². The molecule has 0 radical (unpaired) electrons. The maximum Gasteiger partial charge on any atom is 0.0451 e. The first kappa shape index (κ1) is 6.75. The van der Waals surface area contributed by atoms with Crippen molar-refractivity contribution in [3.8, 4) is 0 Å². The molecular formula is C8H14N2S. The first-order chi connectivity index (χ1) is 5.45. The molecule has 0 spiro atoms. The van der Waals surface area contributed by atoms with Crippen molar-refractivity contribution in [1.82, 2.24) is 10.2 Å². The van der Waals surface area contributed by atoms with Gasteiger partial charge in [-0.1, -0.05) is 0 Å². The molecule has 1 N–H and O–H groups in total. The molecular weight excluding hydrogens is 156 g/mol. The van der Waals surface area contributed by atoms with Crippen LogP contribution in [0.4, 0.5) is 0 Å². The van der Waals surface area contributed by atoms with Gasteiger partial charge in [-0.3, -0.25) is 4.90 Å². The van der Waals surface area contributed by atoms with Gasteiger partial charge in [0.05, 0.1) is 0 Å². The average Bonchev–Trinajstić information content (AvgIpc) is 2.52. The molecule has 3 saturated heterocycles. The number of rotatable bonds is 0. The fraction of sp³-hybridized carbons (Fsp3) is 1.00. The summed E-state index contributed by atoms with van der Waals surface area (Å²) in [5.74, 6) is 3.68. The fourth-order valence-corrected chi connectivity index (χ4v) is 4.08. The van der Waals surface area contributed by atoms with Crippen molar-refractivity contribution in [2.24, 2.45) is 5.92 Å². The highest BCUT2D eigenvalue weighted by molar-refractivity contribution is 7.99. The number of nitrogens with one attached hydrogen (secondary N) is 1. The summed E-state index contributed by atoms with van der Waals surface area (Å²) in [6.45, 7) is 2.53. The zero-order chi connectivity index (χ0) is 7.26. The van der Waals surface area contributed by atoms with E-state index < -0.39 is 0 Å². The molecule has 3 fully saturated rings. The van der Waals surface area contributed by atoms with E-state index in [0.29, 0.717) is 0 Å². The maximum atomic E-state index is 3.49. The van der Waals surface area contributed by atoms with Crippen LogP contribution in [0.3, 0.4) is 0 Å². The molecule has 0 saturated carbocycles. The van der Waals surface area contributed by atoms with Crippen molar-refractivity contribution in [1.29, 1.82) is 0 Å². The summed E-state index contributed by atoms with van der Waals surface area (Å²) in [4.78, 5) is 2.72. The van der Waals surface area contributed by atoms with Gasteiger partial charge >= 0.3 is 0 Å². The lowest BCUT2D eigenvalue weighted by Gasteiger charge is -2.20. The summed E-state index contributed by atoms with van der Waals surface area (Å²) >= 11 is 2.11. The molecule has 0 aromatic heterocycles. The van der Waals surface area contributed by atoms with Gasteiger partial charge < -0.3 is 5.32 Å². The molecule has 3 aliphatic heterocycles. The van der Waals surface area contributed by atoms with Crippen molar-refractivity contribution >= 4 is 11.8 Å². The molecule has 0 aromatic carbocycles. The Kier molecular flexibility index (Phi) is 1.46. The smallest absolute Gasteiger partial charge is 0.0451 e. The van der Waals surface area contributed by atoms with Crippen molar-refractivity contribution in [2.45, 2.75) is 18.5 Å². The normalized spacial score (nSPS) is 49.6. The van der Waals surface area contributed by atoms with Crippen LogP contribution in [0, 0.1) is 5.92 Å². The highest BCUT2D eigenvalue weighted by Crippen LogP contribution is 2.38. The Morgan fingerprint density at radius 2 is 2.36 bits per heavy atom. The third kappa shape index (κ3) is 0.879. The molecule has 0 aromatic rings. The third-order valence-electron chi connectivity index (χ3n) is 3.32. The van der Waals surface area contributed by atoms with E-state index in [9.17, 15) is 0 Å². The fourth-order valence-electron chi connectivity index (χ4n) is 2.76. The first-order valence-electron chi connectivity index (χ1n) is 4.49. The Balaban J connectivity index is 1.84. The largest absolute Gasteiger partial charge is 0.315 e. The van der Waals surface area contributed by atoms with Gasteiger partial charge in [-0.25, -0.2) is 0 Å². The van der Waals surface area contributed by atoms with E-state index in [1.807, 2.05) is 0 Å². The molecule has 3 rings (SSSR count). The average molecular weight is 170 g/mol. The van der Waals surface area contributed by atoms with Gasteiger partial charge in [0.1, 0.15) is 0 Å². The molecule has 0 unspecified atom stereocenters. The monoisotopic (exact) mass is 170 g/mol. The van der Waals surface area contributed by atoms with E-state index in [2.05, 4.69) is 22.0 Å². The van der Waals surface area contributed by atoms with Crippen LogP contribution in [-0.2, 0) is 0 Å². The van der Waals surface area contributed by atoms with E-state index in [1.54, 1.807) is 0 Å². The maximum absolute atomic E-state index is 3.49. The Bertz CT molecular complexity index is 155. The zero-order valence-corrected chi connectivity index (χ0v) is 7.44. The van der Waals surface area contributed by atoms with Gasteiger partial charge in [0.15, 0.2) is 0 Å². The van der Waals surface area contributed by atoms with Crippen LogP contribution >= 0.6 is 11.8 Å². The van der Waals surface area contributed by atoms with Crippen LogP contribution < -0.4 is 5.32 Å². The molecule has 2 nitrogen and oxygen atoms in total. The first-order valence-corrected chi connectivity index (χ1v) is 5.65. The second kappa shape index (κ2) is 2.38. The minimum Gasteiger partial charge on any atom is -0.315 e. The summed E-state index contributed by atoms with van der Waals surface area (Å²) in [5, 5.41) is 3.49. The van der Waals surface area contributed by atoms with Crippen LogP contribution in [0.15, 0.2) is 0 Å². The van der Waals surface area contributed by atoms with Crippen LogP contribution in [0.25, 0.3) is 0 Å². The molecule has 0 aliphatic carbocycles. The van der Waals surface area contributed by atoms with E-state index in [4.69, 9.17) is 0 Å². The molecule has 0 amide bonds. The molecule has 0 bridgehead atoms. The number of fused-ring (bicyclic) bond motifs is 3. The molecule has 3 atom stereocenters. The Labute approximate surface area is 71.7 Å². The topological polar surface area (TPSA) is 15.3 Å². The highest BCUT2D eigenvalue weighted by atomic mass is 32.2. The van der Waals surface area contributed by atoms with E-state index in [1.165, 1.54) is 31.1 Å². The van der Waals surface area contributed by atoms with Gasteiger partial charge in [-0.15, -0.1) is 11.8 Å². The Morgan fingerprint density at radius 1 is 1.36 bits per heavy atom. The Morgan fingerprint density at radius 3 is 3.36 bits per heavy atom. The quantitative estimate of drug-likeness (QED) is 0.565. The van der Waals surface area contributed by atoms with Gasteiger partial charge in [0.2, 0.25) is 0 Å². The van der Waals surface area contributed by atoms with Gasteiger partial charge in [0.25, 0.3) is 0 Å². The predicted octanol–water partition coefficient (Wildman–Crippen LogP) is 0.353. The predicted molar refractivity (Wildman–Crippen MR) is 47.7 cm³/mol. The van der Waals surface area contributed by atoms with Gasteiger partial charge in [-0.2, -0.15) is 0 Å². The van der Waals surface area contributed by atoms with Crippen LogP contribution in [0.1, 0.15) is 6.42 Å². The second-order valence-corrected chi connectivity index (χ2v) is 4.89. The summed E-state index contributed by atoms with van der Waals surface area (Å²) < 4.78 is 0. The zero-order valence-electron chi connectivity index (χ0n) is 6.62. The summed E-state index contributed by atoms with van der Waals surface area (Å²) in [6, 6.07) is 1.84. The third-order valence-corrected chi connectivity index (χ3v) is 4.43. The molecule has 3 aliphatic rings. The minimum absolute atomic E-state index is 0.898. The standard InChI is InChI=1S/C8H14N2S/c1-6-2-9-3-8(6)10-5-11-4-7(1)10/h6-9H,1-5H2/t6-,7-,8-/m1/s1. The van der Waals surface area contributed by atoms with Crippen molar-refractivity contribution < 1.29 is 0 Å². The van der Waals surface area contributed by atoms with Crippen LogP contribution in [-0.4, -0.2) is 41.7 Å². The lowest BCUT2D eigenvalue weighted by molar-refractivity contribution is 0.259. The van der Waals surface area contributed by atoms with Crippen molar-refractivity contribution in [2.75, 3.05) is 24.7 Å². The lowest BCUT2D eigenvalue weighted by atomic mass is 10.0. The molecule has 3 heterocycles. The highest BCUT2D eigenvalue weighted by Gasteiger charge is 2.45. The number of thioether (sulfide) groups is 1. The second-order valence-electron chi connectivity index (χ2n) is 3.89. The SMILES string of the molecule is C1NC[C@@H]2[C@@H]1C[C@@H]1CSCN12. The molecule has 62 valence electrons. The number of hydrogen-bond acceptors (Lipinski definition) is 3. The molecule has 11 heavy (non-hydrogen) atoms. The van der Waals surface area contributed by atoms with Crippen molar-refractivity contribution in [3.05, 3.63) is 0 Å². The van der Waals surface area contributed by atoms with Crippen LogP contribution in [0.5, 0.6) is 0 Å². The molecule has 3 heteroatoms. The van der Waals surface area contributed by atoms with Gasteiger partial charge in [-0.05, 0) is 18.9 Å². The van der Waals surface area contributed by atoms with Gasteiger partial charge in [0, 0.05) is 30.3 Å². The van der Waals surface area contributed by atoms with E-state index >= 15 is 0 Å². The minimum atomic E-state index is 0.898. The summed E-state index contributed by atoms with van der Waals surface area (Å²) in [6.07, 6.45) is 1.46. The van der Waals surface area contributed by atoms with E-state index in [0.717, 1.165) is 18.0 Å². The number of hydrogen-bond donors (Lipinski definition) is 1. The van der Waals surface area contributed by atoms with Crippen LogP contribution in [0.2, 0.25) is 0 Å².